The van der Waals surface area contributed by atoms with Crippen LogP contribution in [-0.2, 0) is 6.42 Å². The van der Waals surface area contributed by atoms with Gasteiger partial charge in [0, 0.05) is 5.56 Å². The van der Waals surface area contributed by atoms with Crippen molar-refractivity contribution in [3.63, 3.8) is 0 Å². The van der Waals surface area contributed by atoms with E-state index >= 15 is 0 Å². The van der Waals surface area contributed by atoms with Gasteiger partial charge in [-0.3, -0.25) is 0 Å². The van der Waals surface area contributed by atoms with Crippen LogP contribution in [0.4, 0.5) is 0 Å². The van der Waals surface area contributed by atoms with E-state index < -0.39 is 0 Å². The molecule has 0 aliphatic heterocycles. The highest BCUT2D eigenvalue weighted by Crippen LogP contribution is 2.27. The van der Waals surface area contributed by atoms with Gasteiger partial charge in [0.05, 0.1) is 11.6 Å². The Bertz CT molecular complexity index is 440. The van der Waals surface area contributed by atoms with Gasteiger partial charge in [-0.05, 0) is 12.0 Å². The standard InChI is InChI=1S/C10H11N3O2/c11-10(13-15)8-5-6-3-1-2-4-7(6)9(8)12-14/h1-4,8,14-15H,5H2,(H2,11,13)/b12-9+. The molecule has 0 radical (unpaired) electrons. The lowest BCUT2D eigenvalue weighted by molar-refractivity contribution is 0.312. The number of hydrogen-bond acceptors (Lipinski definition) is 4. The lowest BCUT2D eigenvalue weighted by Gasteiger charge is -2.06. The Labute approximate surface area is 86.5 Å². The topological polar surface area (TPSA) is 91.2 Å². The summed E-state index contributed by atoms with van der Waals surface area (Å²) < 4.78 is 0. The molecule has 0 spiro atoms. The molecule has 4 N–H and O–H groups in total. The highest BCUT2D eigenvalue weighted by atomic mass is 16.4. The monoisotopic (exact) mass is 205 g/mol. The number of benzene rings is 1. The minimum atomic E-state index is -0.336. The molecule has 0 heterocycles. The van der Waals surface area contributed by atoms with E-state index in [4.69, 9.17) is 16.1 Å². The van der Waals surface area contributed by atoms with Crippen molar-refractivity contribution < 1.29 is 10.4 Å². The molecule has 0 saturated carbocycles. The van der Waals surface area contributed by atoms with Gasteiger partial charge < -0.3 is 16.1 Å². The van der Waals surface area contributed by atoms with Crippen LogP contribution in [0.3, 0.4) is 0 Å². The van der Waals surface area contributed by atoms with Crippen LogP contribution in [0.15, 0.2) is 34.6 Å². The van der Waals surface area contributed by atoms with Gasteiger partial charge in [-0.15, -0.1) is 0 Å². The van der Waals surface area contributed by atoms with Gasteiger partial charge in [-0.25, -0.2) is 0 Å². The SMILES string of the molecule is N/C(=N\O)C1Cc2ccccc2/C1=N\O. The number of oxime groups is 2. The third-order valence-corrected chi connectivity index (χ3v) is 2.63. The molecule has 1 unspecified atom stereocenters. The average Bonchev–Trinajstić information content (AvgIpc) is 2.66. The van der Waals surface area contributed by atoms with Gasteiger partial charge in [0.2, 0.25) is 0 Å². The zero-order chi connectivity index (χ0) is 10.8. The summed E-state index contributed by atoms with van der Waals surface area (Å²) in [7, 11) is 0. The number of nitrogens with two attached hydrogens (primary N) is 1. The Hall–Kier alpha value is -2.04. The van der Waals surface area contributed by atoms with E-state index in [9.17, 15) is 0 Å². The molecule has 0 bridgehead atoms. The Morgan fingerprint density at radius 2 is 2.07 bits per heavy atom. The normalized spacial score (nSPS) is 23.1. The molecule has 1 aromatic carbocycles. The molecule has 1 atom stereocenters. The van der Waals surface area contributed by atoms with E-state index in [0.717, 1.165) is 11.1 Å². The van der Waals surface area contributed by atoms with E-state index in [1.807, 2.05) is 24.3 Å². The molecule has 5 heteroatoms. The molecular formula is C10H11N3O2. The second kappa shape index (κ2) is 3.61. The highest BCUT2D eigenvalue weighted by Gasteiger charge is 2.31. The summed E-state index contributed by atoms with van der Waals surface area (Å²) in [5.41, 5.74) is 7.89. The third-order valence-electron chi connectivity index (χ3n) is 2.63. The van der Waals surface area contributed by atoms with Crippen molar-refractivity contribution in [3.05, 3.63) is 35.4 Å². The number of amidine groups is 1. The van der Waals surface area contributed by atoms with Crippen molar-refractivity contribution >= 4 is 11.5 Å². The minimum Gasteiger partial charge on any atom is -0.411 e. The molecular weight excluding hydrogens is 194 g/mol. The first-order valence-corrected chi connectivity index (χ1v) is 4.55. The summed E-state index contributed by atoms with van der Waals surface area (Å²) in [6.45, 7) is 0. The van der Waals surface area contributed by atoms with Gasteiger partial charge in [0.1, 0.15) is 5.84 Å². The second-order valence-electron chi connectivity index (χ2n) is 3.42. The number of fused-ring (bicyclic) bond motifs is 1. The lowest BCUT2D eigenvalue weighted by atomic mass is 10.0. The van der Waals surface area contributed by atoms with Crippen LogP contribution in [-0.4, -0.2) is 22.0 Å². The molecule has 2 rings (SSSR count). The average molecular weight is 205 g/mol. The first-order chi connectivity index (χ1) is 7.27. The molecule has 1 aromatic rings. The summed E-state index contributed by atoms with van der Waals surface area (Å²) in [6, 6.07) is 7.56. The fourth-order valence-corrected chi connectivity index (χ4v) is 1.89. The van der Waals surface area contributed by atoms with Crippen molar-refractivity contribution in [2.45, 2.75) is 6.42 Å². The maximum Gasteiger partial charge on any atom is 0.148 e. The van der Waals surface area contributed by atoms with Gasteiger partial charge in [0.15, 0.2) is 0 Å². The van der Waals surface area contributed by atoms with E-state index in [1.165, 1.54) is 0 Å². The number of rotatable bonds is 1. The summed E-state index contributed by atoms with van der Waals surface area (Å²) in [5.74, 6) is -0.267. The van der Waals surface area contributed by atoms with Crippen LogP contribution in [0.2, 0.25) is 0 Å². The Kier molecular flexibility index (Phi) is 2.29. The van der Waals surface area contributed by atoms with Crippen LogP contribution >= 0.6 is 0 Å². The molecule has 5 nitrogen and oxygen atoms in total. The molecule has 0 amide bonds. The van der Waals surface area contributed by atoms with Gasteiger partial charge in [0.25, 0.3) is 0 Å². The van der Waals surface area contributed by atoms with Crippen molar-refractivity contribution in [2.75, 3.05) is 0 Å². The van der Waals surface area contributed by atoms with E-state index in [2.05, 4.69) is 10.3 Å². The Morgan fingerprint density at radius 1 is 1.33 bits per heavy atom. The van der Waals surface area contributed by atoms with Gasteiger partial charge in [-0.1, -0.05) is 34.6 Å². The van der Waals surface area contributed by atoms with Crippen molar-refractivity contribution in [2.24, 2.45) is 22.0 Å². The zero-order valence-electron chi connectivity index (χ0n) is 7.96. The maximum absolute atomic E-state index is 8.92. The molecule has 1 aliphatic carbocycles. The molecule has 15 heavy (non-hydrogen) atoms. The minimum absolute atomic E-state index is 0.0685. The predicted molar refractivity (Wildman–Crippen MR) is 55.4 cm³/mol. The first-order valence-electron chi connectivity index (χ1n) is 4.55. The summed E-state index contributed by atoms with van der Waals surface area (Å²) in [4.78, 5) is 0. The van der Waals surface area contributed by atoms with Gasteiger partial charge >= 0.3 is 0 Å². The zero-order valence-corrected chi connectivity index (χ0v) is 7.96. The van der Waals surface area contributed by atoms with E-state index in [0.29, 0.717) is 12.1 Å². The first kappa shape index (κ1) is 9.51. The molecule has 0 saturated heterocycles. The fraction of sp³-hybridized carbons (Fsp3) is 0.200. The molecule has 0 aromatic heterocycles. The second-order valence-corrected chi connectivity index (χ2v) is 3.42. The molecule has 1 aliphatic rings. The number of nitrogens with zero attached hydrogens (tertiary/aromatic N) is 2. The number of hydrogen-bond donors (Lipinski definition) is 3. The van der Waals surface area contributed by atoms with Crippen LogP contribution in [0.1, 0.15) is 11.1 Å². The van der Waals surface area contributed by atoms with Crippen LogP contribution < -0.4 is 5.73 Å². The largest absolute Gasteiger partial charge is 0.411 e. The Balaban J connectivity index is 2.46. The highest BCUT2D eigenvalue weighted by molar-refractivity contribution is 6.16. The summed E-state index contributed by atoms with van der Waals surface area (Å²) >= 11 is 0. The Morgan fingerprint density at radius 3 is 2.73 bits per heavy atom. The summed E-state index contributed by atoms with van der Waals surface area (Å²) in [6.07, 6.45) is 0.603. The summed E-state index contributed by atoms with van der Waals surface area (Å²) in [5, 5.41) is 23.7. The van der Waals surface area contributed by atoms with Crippen LogP contribution in [0, 0.1) is 5.92 Å². The van der Waals surface area contributed by atoms with Crippen LogP contribution in [0.25, 0.3) is 0 Å². The third kappa shape index (κ3) is 1.41. The van der Waals surface area contributed by atoms with Crippen molar-refractivity contribution in [1.29, 1.82) is 0 Å². The lowest BCUT2D eigenvalue weighted by Crippen LogP contribution is -2.28. The smallest absolute Gasteiger partial charge is 0.148 e. The quantitative estimate of drug-likeness (QED) is 0.274. The maximum atomic E-state index is 8.92. The van der Waals surface area contributed by atoms with E-state index in [1.54, 1.807) is 0 Å². The van der Waals surface area contributed by atoms with Gasteiger partial charge in [-0.2, -0.15) is 0 Å². The predicted octanol–water partition coefficient (Wildman–Crippen LogP) is 0.784. The molecule has 0 fully saturated rings. The van der Waals surface area contributed by atoms with E-state index in [-0.39, 0.29) is 11.8 Å². The fourth-order valence-electron chi connectivity index (χ4n) is 1.89. The van der Waals surface area contributed by atoms with Crippen molar-refractivity contribution in [3.8, 4) is 0 Å². The van der Waals surface area contributed by atoms with Crippen LogP contribution in [0.5, 0.6) is 0 Å². The molecule has 78 valence electrons. The van der Waals surface area contributed by atoms with Crippen molar-refractivity contribution in [1.82, 2.24) is 0 Å².